The summed E-state index contributed by atoms with van der Waals surface area (Å²) in [6, 6.07) is -0.234. The summed E-state index contributed by atoms with van der Waals surface area (Å²) < 4.78 is 0. The average Bonchev–Trinajstić information content (AvgIpc) is 2.70. The number of aliphatic imine (C=N–C) groups is 1. The maximum atomic E-state index is 12.5. The van der Waals surface area contributed by atoms with Crippen molar-refractivity contribution in [3.8, 4) is 0 Å². The Hall–Kier alpha value is -2.43. The first-order valence-corrected chi connectivity index (χ1v) is 6.81. The standard InChI is InChI=1S/C16H16N2O3/c1-8-4-12-14(5-9(8)2)18-13(10(3)17-12)6-11(16(18)21)7-15(19)20/h4-6,14H,7H2,1-3H3,(H,19,20). The highest BCUT2D eigenvalue weighted by atomic mass is 16.4. The van der Waals surface area contributed by atoms with Gasteiger partial charge in [0.15, 0.2) is 0 Å². The van der Waals surface area contributed by atoms with E-state index in [4.69, 9.17) is 5.11 Å². The van der Waals surface area contributed by atoms with E-state index in [0.29, 0.717) is 11.3 Å². The number of carbonyl (C=O) groups excluding carboxylic acids is 1. The summed E-state index contributed by atoms with van der Waals surface area (Å²) in [4.78, 5) is 29.6. The van der Waals surface area contributed by atoms with Crippen LogP contribution in [-0.2, 0) is 9.59 Å². The number of allylic oxidation sites excluding steroid dienone is 4. The van der Waals surface area contributed by atoms with Crippen molar-refractivity contribution >= 4 is 17.6 Å². The summed E-state index contributed by atoms with van der Waals surface area (Å²) in [5.74, 6) is -1.24. The SMILES string of the molecule is CC1=CC2=NC(C)=C3C=C(CC(=O)O)C(=O)N3C2C=C1C. The van der Waals surface area contributed by atoms with Gasteiger partial charge in [0, 0.05) is 5.57 Å². The van der Waals surface area contributed by atoms with Crippen molar-refractivity contribution in [2.45, 2.75) is 33.2 Å². The third kappa shape index (κ3) is 2.05. The summed E-state index contributed by atoms with van der Waals surface area (Å²) in [6.07, 6.45) is 5.39. The minimum Gasteiger partial charge on any atom is -0.481 e. The zero-order valence-corrected chi connectivity index (χ0v) is 12.2. The molecule has 0 bridgehead atoms. The number of hydrogen-bond acceptors (Lipinski definition) is 3. The fourth-order valence-electron chi connectivity index (χ4n) is 2.84. The molecular weight excluding hydrogens is 268 g/mol. The molecule has 0 saturated heterocycles. The second-order valence-corrected chi connectivity index (χ2v) is 5.54. The first-order valence-electron chi connectivity index (χ1n) is 6.81. The molecule has 0 saturated carbocycles. The molecule has 2 heterocycles. The molecule has 2 aliphatic heterocycles. The van der Waals surface area contributed by atoms with Gasteiger partial charge in [0.1, 0.15) is 0 Å². The normalized spacial score (nSPS) is 24.0. The monoisotopic (exact) mass is 284 g/mol. The van der Waals surface area contributed by atoms with Crippen LogP contribution in [0.4, 0.5) is 0 Å². The third-order valence-electron chi connectivity index (χ3n) is 4.05. The number of hydrogen-bond donors (Lipinski definition) is 1. The van der Waals surface area contributed by atoms with Gasteiger partial charge in [-0.15, -0.1) is 0 Å². The summed E-state index contributed by atoms with van der Waals surface area (Å²) in [5, 5.41) is 8.92. The Balaban J connectivity index is 2.07. The lowest BCUT2D eigenvalue weighted by Gasteiger charge is -2.34. The Labute approximate surface area is 122 Å². The van der Waals surface area contributed by atoms with Crippen molar-refractivity contribution in [1.29, 1.82) is 0 Å². The van der Waals surface area contributed by atoms with Crippen LogP contribution in [0.15, 0.2) is 51.3 Å². The number of nitrogens with zero attached hydrogens (tertiary/aromatic N) is 2. The van der Waals surface area contributed by atoms with Crippen LogP contribution in [0.3, 0.4) is 0 Å². The third-order valence-corrected chi connectivity index (χ3v) is 4.05. The summed E-state index contributed by atoms with van der Waals surface area (Å²) in [5.41, 5.74) is 4.83. The summed E-state index contributed by atoms with van der Waals surface area (Å²) in [7, 11) is 0. The average molecular weight is 284 g/mol. The molecule has 5 heteroatoms. The molecular formula is C16H16N2O3. The van der Waals surface area contributed by atoms with Crippen molar-refractivity contribution in [2.75, 3.05) is 0 Å². The molecule has 0 spiro atoms. The molecule has 1 amide bonds. The van der Waals surface area contributed by atoms with E-state index in [-0.39, 0.29) is 18.4 Å². The Bertz CT molecular complexity index is 720. The highest BCUT2D eigenvalue weighted by Crippen LogP contribution is 2.35. The highest BCUT2D eigenvalue weighted by Gasteiger charge is 2.39. The Morgan fingerprint density at radius 3 is 2.67 bits per heavy atom. The van der Waals surface area contributed by atoms with Crippen molar-refractivity contribution in [1.82, 2.24) is 4.90 Å². The molecule has 3 aliphatic rings. The number of aliphatic carboxylic acids is 1. The molecule has 0 aromatic heterocycles. The molecule has 1 aliphatic carbocycles. The van der Waals surface area contributed by atoms with Crippen LogP contribution in [0.5, 0.6) is 0 Å². The fraction of sp³-hybridized carbons (Fsp3) is 0.312. The molecule has 0 aromatic carbocycles. The lowest BCUT2D eigenvalue weighted by Crippen LogP contribution is -2.44. The first kappa shape index (κ1) is 13.5. The van der Waals surface area contributed by atoms with Crippen molar-refractivity contribution in [3.63, 3.8) is 0 Å². The Kier molecular flexibility index (Phi) is 2.93. The second kappa shape index (κ2) is 4.55. The van der Waals surface area contributed by atoms with Gasteiger partial charge in [-0.3, -0.25) is 19.5 Å². The zero-order chi connectivity index (χ0) is 15.3. The number of fused-ring (bicyclic) bond motifs is 3. The van der Waals surface area contributed by atoms with Gasteiger partial charge in [-0.1, -0.05) is 6.08 Å². The number of carboxylic acids is 1. The van der Waals surface area contributed by atoms with Crippen LogP contribution in [-0.4, -0.2) is 33.6 Å². The lowest BCUT2D eigenvalue weighted by molar-refractivity contribution is -0.137. The zero-order valence-electron chi connectivity index (χ0n) is 12.2. The predicted molar refractivity (Wildman–Crippen MR) is 78.6 cm³/mol. The molecule has 0 aromatic rings. The lowest BCUT2D eigenvalue weighted by atomic mass is 9.93. The molecule has 21 heavy (non-hydrogen) atoms. The maximum Gasteiger partial charge on any atom is 0.308 e. The summed E-state index contributed by atoms with van der Waals surface area (Å²) in [6.45, 7) is 5.85. The molecule has 3 rings (SSSR count). The number of carbonyl (C=O) groups is 2. The van der Waals surface area contributed by atoms with Gasteiger partial charge in [0.05, 0.1) is 29.6 Å². The van der Waals surface area contributed by atoms with E-state index in [9.17, 15) is 9.59 Å². The predicted octanol–water partition coefficient (Wildman–Crippen LogP) is 2.19. The quantitative estimate of drug-likeness (QED) is 0.845. The van der Waals surface area contributed by atoms with E-state index in [1.807, 2.05) is 32.9 Å². The van der Waals surface area contributed by atoms with Gasteiger partial charge >= 0.3 is 5.97 Å². The van der Waals surface area contributed by atoms with Gasteiger partial charge in [-0.05, 0) is 44.1 Å². The van der Waals surface area contributed by atoms with Crippen LogP contribution in [0, 0.1) is 0 Å². The molecule has 108 valence electrons. The van der Waals surface area contributed by atoms with Crippen LogP contribution in [0.25, 0.3) is 0 Å². The highest BCUT2D eigenvalue weighted by molar-refractivity contribution is 6.11. The fourth-order valence-corrected chi connectivity index (χ4v) is 2.84. The van der Waals surface area contributed by atoms with E-state index >= 15 is 0 Å². The van der Waals surface area contributed by atoms with Crippen LogP contribution < -0.4 is 0 Å². The van der Waals surface area contributed by atoms with E-state index in [1.165, 1.54) is 0 Å². The van der Waals surface area contributed by atoms with Crippen LogP contribution >= 0.6 is 0 Å². The van der Waals surface area contributed by atoms with Gasteiger partial charge in [0.25, 0.3) is 5.91 Å². The molecule has 0 radical (unpaired) electrons. The minimum absolute atomic E-state index is 0.234. The van der Waals surface area contributed by atoms with Gasteiger partial charge in [0.2, 0.25) is 0 Å². The smallest absolute Gasteiger partial charge is 0.308 e. The van der Waals surface area contributed by atoms with E-state index in [0.717, 1.165) is 22.6 Å². The van der Waals surface area contributed by atoms with Crippen molar-refractivity contribution in [3.05, 3.63) is 46.3 Å². The molecule has 1 N–H and O–H groups in total. The molecule has 5 nitrogen and oxygen atoms in total. The molecule has 0 fully saturated rings. The Morgan fingerprint density at radius 2 is 2.00 bits per heavy atom. The number of rotatable bonds is 2. The van der Waals surface area contributed by atoms with Gasteiger partial charge in [-0.25, -0.2) is 0 Å². The number of carboxylic acid groups (broad SMARTS) is 1. The van der Waals surface area contributed by atoms with E-state index in [1.54, 1.807) is 11.0 Å². The van der Waals surface area contributed by atoms with Crippen molar-refractivity contribution < 1.29 is 14.7 Å². The van der Waals surface area contributed by atoms with Gasteiger partial charge in [-0.2, -0.15) is 0 Å². The van der Waals surface area contributed by atoms with E-state index < -0.39 is 5.97 Å². The number of amides is 1. The van der Waals surface area contributed by atoms with E-state index in [2.05, 4.69) is 4.99 Å². The van der Waals surface area contributed by atoms with Crippen LogP contribution in [0.1, 0.15) is 27.2 Å². The van der Waals surface area contributed by atoms with Crippen molar-refractivity contribution in [2.24, 2.45) is 4.99 Å². The molecule has 1 unspecified atom stereocenters. The topological polar surface area (TPSA) is 70.0 Å². The Morgan fingerprint density at radius 1 is 1.29 bits per heavy atom. The van der Waals surface area contributed by atoms with Gasteiger partial charge < -0.3 is 5.11 Å². The molecule has 1 atom stereocenters. The minimum atomic E-state index is -1.00. The second-order valence-electron chi connectivity index (χ2n) is 5.54. The largest absolute Gasteiger partial charge is 0.481 e. The maximum absolute atomic E-state index is 12.5. The first-order chi connectivity index (χ1) is 9.88. The van der Waals surface area contributed by atoms with Crippen LogP contribution in [0.2, 0.25) is 0 Å². The summed E-state index contributed by atoms with van der Waals surface area (Å²) >= 11 is 0.